The molecule has 4 nitrogen and oxygen atoms in total. The van der Waals surface area contributed by atoms with E-state index in [0.29, 0.717) is 0 Å². The van der Waals surface area contributed by atoms with Gasteiger partial charge in [-0.3, -0.25) is 10.3 Å². The lowest BCUT2D eigenvalue weighted by atomic mass is 9.98. The molecule has 0 aliphatic carbocycles. The van der Waals surface area contributed by atoms with E-state index in [0.717, 1.165) is 44.5 Å². The molecule has 1 atom stereocenters. The van der Waals surface area contributed by atoms with Gasteiger partial charge in [-0.15, -0.1) is 0 Å². The van der Waals surface area contributed by atoms with E-state index in [1.54, 1.807) is 0 Å². The summed E-state index contributed by atoms with van der Waals surface area (Å²) >= 11 is 0. The van der Waals surface area contributed by atoms with Crippen molar-refractivity contribution in [1.29, 1.82) is 5.41 Å². The third-order valence-electron chi connectivity index (χ3n) is 3.80. The molecule has 0 amide bonds. The fourth-order valence-electron chi connectivity index (χ4n) is 2.57. The molecule has 1 unspecified atom stereocenters. The second-order valence-corrected chi connectivity index (χ2v) is 5.74. The Morgan fingerprint density at radius 1 is 1.42 bits per heavy atom. The zero-order valence-corrected chi connectivity index (χ0v) is 11.5. The Morgan fingerprint density at radius 2 is 2.21 bits per heavy atom. The normalized spacial score (nSPS) is 24.9. The van der Waals surface area contributed by atoms with Gasteiger partial charge in [0.15, 0.2) is 0 Å². The van der Waals surface area contributed by atoms with Gasteiger partial charge in [0.25, 0.3) is 0 Å². The summed E-state index contributed by atoms with van der Waals surface area (Å²) in [6.45, 7) is 4.71. The van der Waals surface area contributed by atoms with Gasteiger partial charge in [-0.05, 0) is 44.4 Å². The Kier molecular flexibility index (Phi) is 4.22. The van der Waals surface area contributed by atoms with Crippen LogP contribution < -0.4 is 5.73 Å². The highest BCUT2D eigenvalue weighted by Gasteiger charge is 2.24. The smallest absolute Gasteiger partial charge is 0.122 e. The maximum absolute atomic E-state index is 10.1. The molecule has 19 heavy (non-hydrogen) atoms. The highest BCUT2D eigenvalue weighted by atomic mass is 16.3. The van der Waals surface area contributed by atoms with Crippen molar-refractivity contribution in [1.82, 2.24) is 4.90 Å². The van der Waals surface area contributed by atoms with Crippen LogP contribution in [0.2, 0.25) is 0 Å². The van der Waals surface area contributed by atoms with Gasteiger partial charge in [-0.1, -0.05) is 18.2 Å². The standard InChI is InChI=1S/C15H23N3O/c1-15(19)6-3-8-18(9-7-15)11-12-4-2-5-13(10-12)14(16)17/h2,4-5,10,19H,3,6-9,11H2,1H3,(H3,16,17). The van der Waals surface area contributed by atoms with Crippen molar-refractivity contribution in [2.24, 2.45) is 5.73 Å². The molecule has 1 aliphatic heterocycles. The predicted molar refractivity (Wildman–Crippen MR) is 77.2 cm³/mol. The molecule has 0 saturated carbocycles. The number of amidine groups is 1. The first-order chi connectivity index (χ1) is 8.96. The summed E-state index contributed by atoms with van der Waals surface area (Å²) in [4.78, 5) is 2.36. The maximum atomic E-state index is 10.1. The van der Waals surface area contributed by atoms with Gasteiger partial charge in [-0.25, -0.2) is 0 Å². The number of aliphatic hydroxyl groups is 1. The molecular weight excluding hydrogens is 238 g/mol. The first-order valence-electron chi connectivity index (χ1n) is 6.84. The van der Waals surface area contributed by atoms with Crippen molar-refractivity contribution in [3.05, 3.63) is 35.4 Å². The third-order valence-corrected chi connectivity index (χ3v) is 3.80. The number of nitrogen functional groups attached to an aromatic ring is 1. The third kappa shape index (κ3) is 4.04. The van der Waals surface area contributed by atoms with Crippen molar-refractivity contribution in [2.75, 3.05) is 13.1 Å². The lowest BCUT2D eigenvalue weighted by Crippen LogP contribution is -2.28. The Bertz CT molecular complexity index is 456. The van der Waals surface area contributed by atoms with E-state index in [1.165, 1.54) is 5.56 Å². The quantitative estimate of drug-likeness (QED) is 0.573. The Hall–Kier alpha value is -1.39. The molecule has 2 rings (SSSR count). The van der Waals surface area contributed by atoms with Crippen LogP contribution in [-0.2, 0) is 6.54 Å². The van der Waals surface area contributed by atoms with Gasteiger partial charge >= 0.3 is 0 Å². The Morgan fingerprint density at radius 3 is 2.95 bits per heavy atom. The molecule has 1 heterocycles. The maximum Gasteiger partial charge on any atom is 0.122 e. The van der Waals surface area contributed by atoms with E-state index >= 15 is 0 Å². The van der Waals surface area contributed by atoms with Crippen LogP contribution in [0.5, 0.6) is 0 Å². The predicted octanol–water partition coefficient (Wildman–Crippen LogP) is 1.71. The topological polar surface area (TPSA) is 73.3 Å². The van der Waals surface area contributed by atoms with Crippen LogP contribution in [0.15, 0.2) is 24.3 Å². The van der Waals surface area contributed by atoms with E-state index in [4.69, 9.17) is 11.1 Å². The van der Waals surface area contributed by atoms with Crippen LogP contribution in [0.25, 0.3) is 0 Å². The number of hydrogen-bond donors (Lipinski definition) is 3. The highest BCUT2D eigenvalue weighted by molar-refractivity contribution is 5.95. The Balaban J connectivity index is 2.01. The monoisotopic (exact) mass is 261 g/mol. The van der Waals surface area contributed by atoms with Crippen LogP contribution in [0.3, 0.4) is 0 Å². The van der Waals surface area contributed by atoms with E-state index in [2.05, 4.69) is 11.0 Å². The number of nitrogens with zero attached hydrogens (tertiary/aromatic N) is 1. The van der Waals surface area contributed by atoms with Gasteiger partial charge in [0.1, 0.15) is 5.84 Å². The van der Waals surface area contributed by atoms with Crippen LogP contribution in [0, 0.1) is 5.41 Å². The van der Waals surface area contributed by atoms with Crippen molar-refractivity contribution in [3.8, 4) is 0 Å². The first kappa shape index (κ1) is 14.0. The lowest BCUT2D eigenvalue weighted by Gasteiger charge is -2.22. The number of benzene rings is 1. The van der Waals surface area contributed by atoms with E-state index in [-0.39, 0.29) is 5.84 Å². The van der Waals surface area contributed by atoms with Gasteiger partial charge in [0.2, 0.25) is 0 Å². The molecule has 1 aliphatic rings. The lowest BCUT2D eigenvalue weighted by molar-refractivity contribution is 0.0444. The molecular formula is C15H23N3O. The highest BCUT2D eigenvalue weighted by Crippen LogP contribution is 2.22. The SMILES string of the molecule is CC1(O)CCCN(Cc2cccc(C(=N)N)c2)CC1. The number of likely N-dealkylation sites (tertiary alicyclic amines) is 1. The van der Waals surface area contributed by atoms with E-state index in [9.17, 15) is 5.11 Å². The molecule has 0 radical (unpaired) electrons. The van der Waals surface area contributed by atoms with Gasteiger partial charge in [0, 0.05) is 18.7 Å². The van der Waals surface area contributed by atoms with Crippen LogP contribution >= 0.6 is 0 Å². The molecule has 1 aromatic rings. The van der Waals surface area contributed by atoms with Crippen molar-refractivity contribution < 1.29 is 5.11 Å². The number of hydrogen-bond acceptors (Lipinski definition) is 3. The summed E-state index contributed by atoms with van der Waals surface area (Å²) in [7, 11) is 0. The van der Waals surface area contributed by atoms with E-state index < -0.39 is 5.60 Å². The number of nitrogens with one attached hydrogen (secondary N) is 1. The second kappa shape index (κ2) is 5.72. The summed E-state index contributed by atoms with van der Waals surface area (Å²) in [5.41, 5.74) is 6.95. The fourth-order valence-corrected chi connectivity index (χ4v) is 2.57. The minimum atomic E-state index is -0.518. The molecule has 1 saturated heterocycles. The average molecular weight is 261 g/mol. The fraction of sp³-hybridized carbons (Fsp3) is 0.533. The van der Waals surface area contributed by atoms with Crippen LogP contribution in [0.1, 0.15) is 37.3 Å². The molecule has 104 valence electrons. The molecule has 1 fully saturated rings. The Labute approximate surface area is 114 Å². The molecule has 4 heteroatoms. The summed E-state index contributed by atoms with van der Waals surface area (Å²) in [6, 6.07) is 7.85. The van der Waals surface area contributed by atoms with Gasteiger partial charge < -0.3 is 10.8 Å². The second-order valence-electron chi connectivity index (χ2n) is 5.74. The molecule has 1 aromatic carbocycles. The summed E-state index contributed by atoms with van der Waals surface area (Å²) in [6.07, 6.45) is 2.72. The number of nitrogens with two attached hydrogens (primary N) is 1. The average Bonchev–Trinajstić information content (AvgIpc) is 2.51. The summed E-state index contributed by atoms with van der Waals surface area (Å²) in [5.74, 6) is 0.112. The van der Waals surface area contributed by atoms with Crippen LogP contribution in [-0.4, -0.2) is 34.5 Å². The molecule has 0 aromatic heterocycles. The van der Waals surface area contributed by atoms with Crippen molar-refractivity contribution in [2.45, 2.75) is 38.3 Å². The van der Waals surface area contributed by atoms with Crippen molar-refractivity contribution >= 4 is 5.84 Å². The van der Waals surface area contributed by atoms with Crippen molar-refractivity contribution in [3.63, 3.8) is 0 Å². The minimum absolute atomic E-state index is 0.112. The molecule has 0 bridgehead atoms. The summed E-state index contributed by atoms with van der Waals surface area (Å²) < 4.78 is 0. The van der Waals surface area contributed by atoms with Gasteiger partial charge in [-0.2, -0.15) is 0 Å². The van der Waals surface area contributed by atoms with Crippen LogP contribution in [0.4, 0.5) is 0 Å². The molecule has 4 N–H and O–H groups in total. The van der Waals surface area contributed by atoms with Gasteiger partial charge in [0.05, 0.1) is 5.60 Å². The first-order valence-corrected chi connectivity index (χ1v) is 6.84. The van der Waals surface area contributed by atoms with E-state index in [1.807, 2.05) is 25.1 Å². The minimum Gasteiger partial charge on any atom is -0.390 e. The zero-order valence-electron chi connectivity index (χ0n) is 11.5. The summed E-state index contributed by atoms with van der Waals surface area (Å²) in [5, 5.41) is 17.6. The zero-order chi connectivity index (χ0) is 13.9. The number of rotatable bonds is 3. The molecule has 0 spiro atoms. The largest absolute Gasteiger partial charge is 0.390 e.